The van der Waals surface area contributed by atoms with Gasteiger partial charge in [0.2, 0.25) is 5.91 Å². The van der Waals surface area contributed by atoms with E-state index >= 15 is 0 Å². The summed E-state index contributed by atoms with van der Waals surface area (Å²) in [6.45, 7) is 3.12. The van der Waals surface area contributed by atoms with Crippen LogP contribution in [0.3, 0.4) is 0 Å². The van der Waals surface area contributed by atoms with Crippen LogP contribution in [-0.4, -0.2) is 30.9 Å². The Kier molecular flexibility index (Phi) is 8.79. The molecule has 1 aromatic rings. The number of nitrogens with two attached hydrogens (primary N) is 1. The molecule has 2 rings (SSSR count). The van der Waals surface area contributed by atoms with E-state index < -0.39 is 0 Å². The van der Waals surface area contributed by atoms with Crippen LogP contribution in [0, 0.1) is 5.92 Å². The second-order valence-corrected chi connectivity index (χ2v) is 5.98. The molecule has 0 aliphatic heterocycles. The van der Waals surface area contributed by atoms with E-state index in [4.69, 9.17) is 10.5 Å². The van der Waals surface area contributed by atoms with Crippen molar-refractivity contribution in [3.8, 4) is 5.75 Å². The number of hydrogen-bond donors (Lipinski definition) is 2. The minimum Gasteiger partial charge on any atom is -0.494 e. The van der Waals surface area contributed by atoms with Gasteiger partial charge in [0.05, 0.1) is 6.61 Å². The van der Waals surface area contributed by atoms with Gasteiger partial charge in [0.15, 0.2) is 5.78 Å². The van der Waals surface area contributed by atoms with Crippen LogP contribution in [0.4, 0.5) is 0 Å². The number of carbonyl (C=O) groups is 2. The lowest BCUT2D eigenvalue weighted by Gasteiger charge is -2.19. The minimum absolute atomic E-state index is 0. The first-order chi connectivity index (χ1) is 11.1. The Balaban J connectivity index is 0.00000288. The molecule has 6 heteroatoms. The zero-order valence-electron chi connectivity index (χ0n) is 14.1. The lowest BCUT2D eigenvalue weighted by molar-refractivity contribution is -0.122. The van der Waals surface area contributed by atoms with Gasteiger partial charge in [-0.05, 0) is 56.5 Å². The van der Waals surface area contributed by atoms with Crippen LogP contribution in [0.25, 0.3) is 0 Å². The molecule has 1 aliphatic rings. The molecule has 0 bridgehead atoms. The van der Waals surface area contributed by atoms with Crippen LogP contribution in [0.15, 0.2) is 24.3 Å². The average molecular weight is 355 g/mol. The lowest BCUT2D eigenvalue weighted by Crippen LogP contribution is -2.39. The standard InChI is InChI=1S/C18H26N2O3.ClH/c1-2-23-15-8-6-13(7-9-15)17(21)10-11-18(22)20-16-5-3-4-14(16)12-19;/h6-9,14,16H,2-5,10-12,19H2,1H3,(H,20,22);1H. The van der Waals surface area contributed by atoms with E-state index in [1.807, 2.05) is 6.92 Å². The Morgan fingerprint density at radius 2 is 1.92 bits per heavy atom. The maximum atomic E-state index is 12.1. The number of nitrogens with one attached hydrogen (secondary N) is 1. The van der Waals surface area contributed by atoms with Gasteiger partial charge in [0.1, 0.15) is 5.75 Å². The van der Waals surface area contributed by atoms with Gasteiger partial charge in [0.25, 0.3) is 0 Å². The molecule has 0 spiro atoms. The summed E-state index contributed by atoms with van der Waals surface area (Å²) in [6.07, 6.45) is 3.62. The number of rotatable bonds is 8. The van der Waals surface area contributed by atoms with E-state index in [0.29, 0.717) is 24.6 Å². The summed E-state index contributed by atoms with van der Waals surface area (Å²) in [5.74, 6) is 1.04. The Bertz CT molecular complexity index is 534. The van der Waals surface area contributed by atoms with Gasteiger partial charge >= 0.3 is 0 Å². The quantitative estimate of drug-likeness (QED) is 0.703. The maximum absolute atomic E-state index is 12.1. The van der Waals surface area contributed by atoms with Crippen LogP contribution in [0.1, 0.15) is 49.4 Å². The summed E-state index contributed by atoms with van der Waals surface area (Å²) in [5.41, 5.74) is 6.33. The third-order valence-corrected chi connectivity index (χ3v) is 4.37. The van der Waals surface area contributed by atoms with Crippen LogP contribution in [-0.2, 0) is 4.79 Å². The van der Waals surface area contributed by atoms with Crippen molar-refractivity contribution < 1.29 is 14.3 Å². The SMILES string of the molecule is CCOc1ccc(C(=O)CCC(=O)NC2CCCC2CN)cc1.Cl. The fourth-order valence-corrected chi connectivity index (χ4v) is 3.06. The van der Waals surface area contributed by atoms with Crippen molar-refractivity contribution in [3.63, 3.8) is 0 Å². The summed E-state index contributed by atoms with van der Waals surface area (Å²) < 4.78 is 5.35. The Labute approximate surface area is 149 Å². The third-order valence-electron chi connectivity index (χ3n) is 4.37. The summed E-state index contributed by atoms with van der Waals surface area (Å²) in [4.78, 5) is 24.1. The van der Waals surface area contributed by atoms with Crippen LogP contribution in [0.2, 0.25) is 0 Å². The predicted molar refractivity (Wildman–Crippen MR) is 96.7 cm³/mol. The van der Waals surface area contributed by atoms with Gasteiger partial charge in [-0.15, -0.1) is 12.4 Å². The summed E-state index contributed by atoms with van der Waals surface area (Å²) in [6, 6.07) is 7.22. The monoisotopic (exact) mass is 354 g/mol. The highest BCUT2D eigenvalue weighted by atomic mass is 35.5. The van der Waals surface area contributed by atoms with Gasteiger partial charge in [-0.25, -0.2) is 0 Å². The van der Waals surface area contributed by atoms with Crippen LogP contribution < -0.4 is 15.8 Å². The normalized spacial score (nSPS) is 19.4. The van der Waals surface area contributed by atoms with Crippen molar-refractivity contribution in [3.05, 3.63) is 29.8 Å². The largest absolute Gasteiger partial charge is 0.494 e. The number of halogens is 1. The molecule has 1 aromatic carbocycles. The molecule has 1 amide bonds. The van der Waals surface area contributed by atoms with Crippen LogP contribution in [0.5, 0.6) is 5.75 Å². The van der Waals surface area contributed by atoms with E-state index in [9.17, 15) is 9.59 Å². The number of ether oxygens (including phenoxy) is 1. The molecule has 134 valence electrons. The molecule has 0 saturated heterocycles. The zero-order chi connectivity index (χ0) is 16.7. The van der Waals surface area contributed by atoms with E-state index in [-0.39, 0.29) is 43.0 Å². The van der Waals surface area contributed by atoms with Crippen LogP contribution >= 0.6 is 12.4 Å². The van der Waals surface area contributed by atoms with Crippen molar-refractivity contribution in [1.82, 2.24) is 5.32 Å². The fourth-order valence-electron chi connectivity index (χ4n) is 3.06. The summed E-state index contributed by atoms with van der Waals surface area (Å²) in [7, 11) is 0. The Hall–Kier alpha value is -1.59. The van der Waals surface area contributed by atoms with Crippen molar-refractivity contribution in [1.29, 1.82) is 0 Å². The highest BCUT2D eigenvalue weighted by Crippen LogP contribution is 2.24. The number of benzene rings is 1. The second-order valence-electron chi connectivity index (χ2n) is 5.98. The molecular formula is C18H27ClN2O3. The maximum Gasteiger partial charge on any atom is 0.220 e. The Morgan fingerprint density at radius 1 is 1.21 bits per heavy atom. The molecule has 1 aliphatic carbocycles. The molecule has 1 fully saturated rings. The highest BCUT2D eigenvalue weighted by molar-refractivity contribution is 5.98. The molecule has 0 radical (unpaired) electrons. The second kappa shape index (κ2) is 10.3. The lowest BCUT2D eigenvalue weighted by atomic mass is 10.0. The minimum atomic E-state index is -0.0605. The number of ketones is 1. The third kappa shape index (κ3) is 5.80. The van der Waals surface area contributed by atoms with Crippen molar-refractivity contribution in [2.45, 2.75) is 45.1 Å². The number of carbonyl (C=O) groups excluding carboxylic acids is 2. The number of Topliss-reactive ketones (excluding diaryl/α,β-unsaturated/α-hetero) is 1. The molecular weight excluding hydrogens is 328 g/mol. The molecule has 0 aromatic heterocycles. The van der Waals surface area contributed by atoms with Crippen molar-refractivity contribution in [2.24, 2.45) is 11.7 Å². The van der Waals surface area contributed by atoms with Gasteiger partial charge in [-0.2, -0.15) is 0 Å². The van der Waals surface area contributed by atoms with E-state index in [2.05, 4.69) is 5.32 Å². The van der Waals surface area contributed by atoms with Gasteiger partial charge in [-0.1, -0.05) is 6.42 Å². The molecule has 0 heterocycles. The number of hydrogen-bond acceptors (Lipinski definition) is 4. The van der Waals surface area contributed by atoms with Gasteiger partial charge < -0.3 is 15.8 Å². The van der Waals surface area contributed by atoms with Crippen molar-refractivity contribution >= 4 is 24.1 Å². The van der Waals surface area contributed by atoms with Gasteiger partial charge in [-0.3, -0.25) is 9.59 Å². The molecule has 3 N–H and O–H groups in total. The smallest absolute Gasteiger partial charge is 0.220 e. The average Bonchev–Trinajstić information content (AvgIpc) is 3.00. The molecule has 24 heavy (non-hydrogen) atoms. The summed E-state index contributed by atoms with van der Waals surface area (Å²) >= 11 is 0. The molecule has 2 unspecified atom stereocenters. The topological polar surface area (TPSA) is 81.4 Å². The molecule has 2 atom stereocenters. The Morgan fingerprint density at radius 3 is 2.54 bits per heavy atom. The fraction of sp³-hybridized carbons (Fsp3) is 0.556. The first kappa shape index (κ1) is 20.5. The van der Waals surface area contributed by atoms with Crippen molar-refractivity contribution in [2.75, 3.05) is 13.2 Å². The van der Waals surface area contributed by atoms with E-state index in [1.165, 1.54) is 0 Å². The van der Waals surface area contributed by atoms with Gasteiger partial charge in [0, 0.05) is 24.4 Å². The van der Waals surface area contributed by atoms with E-state index in [0.717, 1.165) is 25.0 Å². The van der Waals surface area contributed by atoms with E-state index in [1.54, 1.807) is 24.3 Å². The first-order valence-electron chi connectivity index (χ1n) is 8.39. The molecule has 5 nitrogen and oxygen atoms in total. The number of amides is 1. The zero-order valence-corrected chi connectivity index (χ0v) is 14.9. The predicted octanol–water partition coefficient (Wildman–Crippen LogP) is 2.71. The highest BCUT2D eigenvalue weighted by Gasteiger charge is 2.27. The first-order valence-corrected chi connectivity index (χ1v) is 8.39. The summed E-state index contributed by atoms with van der Waals surface area (Å²) in [5, 5.41) is 3.02. The molecule has 1 saturated carbocycles.